The van der Waals surface area contributed by atoms with Crippen LogP contribution >= 0.6 is 0 Å². The summed E-state index contributed by atoms with van der Waals surface area (Å²) in [6, 6.07) is 13.7. The van der Waals surface area contributed by atoms with Crippen molar-refractivity contribution in [3.8, 4) is 11.1 Å². The molecule has 0 fully saturated rings. The highest BCUT2D eigenvalue weighted by atomic mass is 19.1. The number of urea groups is 1. The Morgan fingerprint density at radius 3 is 2.22 bits per heavy atom. The number of hydrogen-bond donors (Lipinski definition) is 3. The topological polar surface area (TPSA) is 61.4 Å². The summed E-state index contributed by atoms with van der Waals surface area (Å²) in [7, 11) is 0. The maximum atomic E-state index is 12.9. The molecule has 2 aromatic carbocycles. The zero-order chi connectivity index (χ0) is 16.7. The standard InChI is InChI=1S/C18H21FN2O2/c1-13(21-18(23)20-11-2-12-22)14-3-5-15(6-4-14)16-7-9-17(19)10-8-16/h3-10,13,22H,2,11-12H2,1H3,(H2,20,21,23). The molecule has 1 unspecified atom stereocenters. The molecule has 0 aliphatic rings. The molecule has 0 saturated heterocycles. The van der Waals surface area contributed by atoms with E-state index in [0.29, 0.717) is 13.0 Å². The van der Waals surface area contributed by atoms with E-state index in [1.165, 1.54) is 12.1 Å². The predicted molar refractivity (Wildman–Crippen MR) is 88.5 cm³/mol. The van der Waals surface area contributed by atoms with Gasteiger partial charge in [0, 0.05) is 13.2 Å². The van der Waals surface area contributed by atoms with Gasteiger partial charge in [-0.25, -0.2) is 9.18 Å². The minimum absolute atomic E-state index is 0.0562. The van der Waals surface area contributed by atoms with Gasteiger partial charge >= 0.3 is 6.03 Å². The molecule has 0 aromatic heterocycles. The molecule has 1 atom stereocenters. The summed E-state index contributed by atoms with van der Waals surface area (Å²) in [5.74, 6) is -0.254. The fraction of sp³-hybridized carbons (Fsp3) is 0.278. The van der Waals surface area contributed by atoms with Crippen LogP contribution in [-0.2, 0) is 0 Å². The molecule has 0 aliphatic carbocycles. The van der Waals surface area contributed by atoms with E-state index in [0.717, 1.165) is 16.7 Å². The number of carbonyl (C=O) groups is 1. The highest BCUT2D eigenvalue weighted by Gasteiger charge is 2.09. The van der Waals surface area contributed by atoms with Gasteiger partial charge in [-0.05, 0) is 42.2 Å². The van der Waals surface area contributed by atoms with Crippen LogP contribution in [-0.4, -0.2) is 24.3 Å². The second-order valence-electron chi connectivity index (χ2n) is 5.33. The van der Waals surface area contributed by atoms with Crippen molar-refractivity contribution in [2.45, 2.75) is 19.4 Å². The van der Waals surface area contributed by atoms with Crippen LogP contribution in [0.5, 0.6) is 0 Å². The molecule has 0 spiro atoms. The highest BCUT2D eigenvalue weighted by Crippen LogP contribution is 2.22. The number of benzene rings is 2. The number of amides is 2. The zero-order valence-electron chi connectivity index (χ0n) is 13.1. The third-order valence-corrected chi connectivity index (χ3v) is 3.56. The summed E-state index contributed by atoms with van der Waals surface area (Å²) in [5, 5.41) is 14.2. The first-order chi connectivity index (χ1) is 11.1. The van der Waals surface area contributed by atoms with E-state index in [1.807, 2.05) is 31.2 Å². The third kappa shape index (κ3) is 5.07. The molecule has 122 valence electrons. The molecule has 4 nitrogen and oxygen atoms in total. The van der Waals surface area contributed by atoms with Gasteiger partial charge in [-0.3, -0.25) is 0 Å². The van der Waals surface area contributed by atoms with Crippen molar-refractivity contribution in [1.29, 1.82) is 0 Å². The lowest BCUT2D eigenvalue weighted by molar-refractivity contribution is 0.235. The summed E-state index contributed by atoms with van der Waals surface area (Å²) in [5.41, 5.74) is 2.92. The maximum Gasteiger partial charge on any atom is 0.315 e. The van der Waals surface area contributed by atoms with Gasteiger partial charge in [-0.15, -0.1) is 0 Å². The van der Waals surface area contributed by atoms with Gasteiger partial charge in [0.25, 0.3) is 0 Å². The smallest absolute Gasteiger partial charge is 0.315 e. The van der Waals surface area contributed by atoms with Crippen molar-refractivity contribution in [3.05, 3.63) is 59.9 Å². The first kappa shape index (κ1) is 17.0. The van der Waals surface area contributed by atoms with E-state index in [-0.39, 0.29) is 24.5 Å². The van der Waals surface area contributed by atoms with Crippen molar-refractivity contribution in [2.75, 3.05) is 13.2 Å². The summed E-state index contributed by atoms with van der Waals surface area (Å²) >= 11 is 0. The van der Waals surface area contributed by atoms with Crippen molar-refractivity contribution >= 4 is 6.03 Å². The van der Waals surface area contributed by atoms with Gasteiger partial charge in [0.05, 0.1) is 6.04 Å². The predicted octanol–water partition coefficient (Wildman–Crippen LogP) is 3.24. The molecule has 0 aliphatic heterocycles. The number of aliphatic hydroxyl groups excluding tert-OH is 1. The van der Waals surface area contributed by atoms with Crippen LogP contribution in [0.4, 0.5) is 9.18 Å². The number of carbonyl (C=O) groups excluding carboxylic acids is 1. The van der Waals surface area contributed by atoms with Gasteiger partial charge < -0.3 is 15.7 Å². The Kier molecular flexibility index (Phi) is 6.11. The molecular formula is C18H21FN2O2. The minimum atomic E-state index is -0.256. The Hall–Kier alpha value is -2.40. The molecule has 0 radical (unpaired) electrons. The second kappa shape index (κ2) is 8.29. The Labute approximate surface area is 135 Å². The summed E-state index contributed by atoms with van der Waals surface area (Å²) in [4.78, 5) is 11.7. The summed E-state index contributed by atoms with van der Waals surface area (Å²) < 4.78 is 12.9. The summed E-state index contributed by atoms with van der Waals surface area (Å²) in [6.45, 7) is 2.40. The number of rotatable bonds is 6. The first-order valence-corrected chi connectivity index (χ1v) is 7.61. The quantitative estimate of drug-likeness (QED) is 0.717. The van der Waals surface area contributed by atoms with E-state index in [2.05, 4.69) is 10.6 Å². The van der Waals surface area contributed by atoms with E-state index < -0.39 is 0 Å². The van der Waals surface area contributed by atoms with Crippen LogP contribution < -0.4 is 10.6 Å². The van der Waals surface area contributed by atoms with Crippen LogP contribution in [0.15, 0.2) is 48.5 Å². The molecule has 0 saturated carbocycles. The number of nitrogens with one attached hydrogen (secondary N) is 2. The van der Waals surface area contributed by atoms with Crippen molar-refractivity contribution in [1.82, 2.24) is 10.6 Å². The number of hydrogen-bond acceptors (Lipinski definition) is 2. The molecule has 3 N–H and O–H groups in total. The third-order valence-electron chi connectivity index (χ3n) is 3.56. The normalized spacial score (nSPS) is 11.8. The van der Waals surface area contributed by atoms with Crippen LogP contribution in [0.1, 0.15) is 24.9 Å². The Bertz CT molecular complexity index is 626. The SMILES string of the molecule is CC(NC(=O)NCCCO)c1ccc(-c2ccc(F)cc2)cc1. The number of halogens is 1. The van der Waals surface area contributed by atoms with Crippen molar-refractivity contribution < 1.29 is 14.3 Å². The Morgan fingerprint density at radius 1 is 1.09 bits per heavy atom. The van der Waals surface area contributed by atoms with Crippen LogP contribution in [0.3, 0.4) is 0 Å². The van der Waals surface area contributed by atoms with Crippen LogP contribution in [0.25, 0.3) is 11.1 Å². The van der Waals surface area contributed by atoms with Gasteiger partial charge in [0.1, 0.15) is 5.82 Å². The molecule has 2 rings (SSSR count). The fourth-order valence-corrected chi connectivity index (χ4v) is 2.22. The Balaban J connectivity index is 1.96. The molecule has 0 bridgehead atoms. The average Bonchev–Trinajstić information content (AvgIpc) is 2.56. The van der Waals surface area contributed by atoms with E-state index in [9.17, 15) is 9.18 Å². The van der Waals surface area contributed by atoms with Gasteiger partial charge in [0.2, 0.25) is 0 Å². The van der Waals surface area contributed by atoms with Crippen molar-refractivity contribution in [3.63, 3.8) is 0 Å². The molecular weight excluding hydrogens is 295 g/mol. The van der Waals surface area contributed by atoms with E-state index in [1.54, 1.807) is 12.1 Å². The first-order valence-electron chi connectivity index (χ1n) is 7.61. The van der Waals surface area contributed by atoms with Crippen LogP contribution in [0, 0.1) is 5.82 Å². The molecule has 5 heteroatoms. The van der Waals surface area contributed by atoms with Gasteiger partial charge in [0.15, 0.2) is 0 Å². The van der Waals surface area contributed by atoms with Crippen molar-refractivity contribution in [2.24, 2.45) is 0 Å². The molecule has 2 aromatic rings. The lowest BCUT2D eigenvalue weighted by Crippen LogP contribution is -2.37. The monoisotopic (exact) mass is 316 g/mol. The lowest BCUT2D eigenvalue weighted by atomic mass is 10.0. The zero-order valence-corrected chi connectivity index (χ0v) is 13.1. The highest BCUT2D eigenvalue weighted by molar-refractivity contribution is 5.74. The largest absolute Gasteiger partial charge is 0.396 e. The maximum absolute atomic E-state index is 12.9. The second-order valence-corrected chi connectivity index (χ2v) is 5.33. The fourth-order valence-electron chi connectivity index (χ4n) is 2.22. The average molecular weight is 316 g/mol. The number of aliphatic hydroxyl groups is 1. The molecule has 2 amide bonds. The van der Waals surface area contributed by atoms with E-state index in [4.69, 9.17) is 5.11 Å². The van der Waals surface area contributed by atoms with Gasteiger partial charge in [-0.1, -0.05) is 36.4 Å². The summed E-state index contributed by atoms with van der Waals surface area (Å²) in [6.07, 6.45) is 0.536. The Morgan fingerprint density at radius 2 is 1.65 bits per heavy atom. The minimum Gasteiger partial charge on any atom is -0.396 e. The van der Waals surface area contributed by atoms with Gasteiger partial charge in [-0.2, -0.15) is 0 Å². The molecule has 23 heavy (non-hydrogen) atoms. The lowest BCUT2D eigenvalue weighted by Gasteiger charge is -2.15. The van der Waals surface area contributed by atoms with E-state index >= 15 is 0 Å². The molecule has 0 heterocycles. The van der Waals surface area contributed by atoms with Crippen LogP contribution in [0.2, 0.25) is 0 Å².